The highest BCUT2D eigenvalue weighted by molar-refractivity contribution is 7.22. The van der Waals surface area contributed by atoms with Crippen molar-refractivity contribution in [3.05, 3.63) is 68.7 Å². The van der Waals surface area contributed by atoms with Crippen molar-refractivity contribution in [3.8, 4) is 16.5 Å². The van der Waals surface area contributed by atoms with E-state index in [9.17, 15) is 14.4 Å². The number of hydrogen-bond donors (Lipinski definition) is 0. The first-order valence-electron chi connectivity index (χ1n) is 16.9. The molecule has 0 bridgehead atoms. The predicted octanol–water partition coefficient (Wildman–Crippen LogP) is 5.37. The van der Waals surface area contributed by atoms with E-state index in [0.717, 1.165) is 28.9 Å². The molecule has 1 saturated heterocycles. The Bertz CT molecular complexity index is 1910. The summed E-state index contributed by atoms with van der Waals surface area (Å²) in [6.45, 7) is 9.17. The molecule has 2 saturated carbocycles. The number of fused-ring (bicyclic) bond motifs is 2. The van der Waals surface area contributed by atoms with Gasteiger partial charge in [0.1, 0.15) is 28.5 Å². The third-order valence-electron chi connectivity index (χ3n) is 10.6. The molecule has 256 valence electrons. The number of aromatic nitrogens is 3. The molecule has 1 aromatic carbocycles. The Hall–Kier alpha value is -3.74. The van der Waals surface area contributed by atoms with Crippen LogP contribution in [0.15, 0.2) is 50.7 Å². The van der Waals surface area contributed by atoms with E-state index >= 15 is 0 Å². The van der Waals surface area contributed by atoms with Gasteiger partial charge in [-0.25, -0.2) is 14.3 Å². The molecule has 1 amide bonds. The standard InChI is InChI=1S/C36H44N4O7S/c1-21-16-23-18-25(19-24(23)17-21)47-28(26-8-6-7-9-27(26)44-5)20-39-33-29(22(2)30(48-33)31-37-10-13-46-31)32(41)40(35(39)43)36(3,4)34(42)38-11-14-45-15-12-38/h6-10,13,21,23-25,28H,11-12,14-20H2,1-5H3/t21?,23-,24+,25?,28?. The number of ether oxygens (including phenoxy) is 3. The van der Waals surface area contributed by atoms with E-state index in [-0.39, 0.29) is 18.6 Å². The van der Waals surface area contributed by atoms with E-state index in [1.54, 1.807) is 36.6 Å². The average Bonchev–Trinajstić information content (AvgIpc) is 3.87. The molecule has 5 atom stereocenters. The maximum absolute atomic E-state index is 14.8. The van der Waals surface area contributed by atoms with Crippen LogP contribution < -0.4 is 16.0 Å². The van der Waals surface area contributed by atoms with Crippen LogP contribution in [0.1, 0.15) is 63.7 Å². The van der Waals surface area contributed by atoms with Gasteiger partial charge in [-0.2, -0.15) is 0 Å². The van der Waals surface area contributed by atoms with Crippen molar-refractivity contribution >= 4 is 27.5 Å². The number of benzene rings is 1. The minimum Gasteiger partial charge on any atom is -0.496 e. The summed E-state index contributed by atoms with van der Waals surface area (Å²) in [5.41, 5.74) is -1.09. The number of amides is 1. The molecule has 3 unspecified atom stereocenters. The van der Waals surface area contributed by atoms with Gasteiger partial charge in [0.25, 0.3) is 5.56 Å². The van der Waals surface area contributed by atoms with Gasteiger partial charge in [0.15, 0.2) is 0 Å². The molecule has 0 N–H and O–H groups in total. The summed E-state index contributed by atoms with van der Waals surface area (Å²) >= 11 is 1.29. The van der Waals surface area contributed by atoms with E-state index in [4.69, 9.17) is 18.6 Å². The van der Waals surface area contributed by atoms with E-state index in [1.807, 2.05) is 31.2 Å². The van der Waals surface area contributed by atoms with E-state index in [0.29, 0.717) is 70.4 Å². The topological polar surface area (TPSA) is 118 Å². The highest BCUT2D eigenvalue weighted by atomic mass is 32.1. The number of hydrogen-bond acceptors (Lipinski definition) is 9. The number of rotatable bonds is 9. The molecule has 4 aromatic rings. The Balaban J connectivity index is 1.38. The van der Waals surface area contributed by atoms with Gasteiger partial charge in [0.05, 0.1) is 49.4 Å². The quantitative estimate of drug-likeness (QED) is 0.232. The van der Waals surface area contributed by atoms with Crippen molar-refractivity contribution in [3.63, 3.8) is 0 Å². The van der Waals surface area contributed by atoms with Crippen molar-refractivity contribution in [2.45, 2.75) is 77.7 Å². The SMILES string of the molecule is COc1ccccc1C(Cn1c(=O)n(C(C)(C)C(=O)N2CCOCC2)c(=O)c2c(C)c(-c3ncco3)sc21)OC1C[C@H]2CC(C)C[C@H]2C1. The first kappa shape index (κ1) is 32.8. The molecule has 4 heterocycles. The first-order chi connectivity index (χ1) is 23.1. The summed E-state index contributed by atoms with van der Waals surface area (Å²) < 4.78 is 26.7. The predicted molar refractivity (Wildman–Crippen MR) is 183 cm³/mol. The van der Waals surface area contributed by atoms with Crippen LogP contribution in [0.4, 0.5) is 0 Å². The molecule has 1 aliphatic heterocycles. The molecule has 7 rings (SSSR count). The lowest BCUT2D eigenvalue weighted by Gasteiger charge is -2.35. The number of oxazole rings is 1. The molecular formula is C36H44N4O7S. The molecule has 0 radical (unpaired) electrons. The third kappa shape index (κ3) is 5.71. The third-order valence-corrected chi connectivity index (χ3v) is 11.9. The molecule has 0 spiro atoms. The number of morpholine rings is 1. The van der Waals surface area contributed by atoms with E-state index < -0.39 is 22.9 Å². The first-order valence-corrected chi connectivity index (χ1v) is 17.7. The molecule has 48 heavy (non-hydrogen) atoms. The smallest absolute Gasteiger partial charge is 0.333 e. The van der Waals surface area contributed by atoms with Gasteiger partial charge in [-0.15, -0.1) is 11.3 Å². The summed E-state index contributed by atoms with van der Waals surface area (Å²) in [4.78, 5) is 50.5. The van der Waals surface area contributed by atoms with Gasteiger partial charge in [-0.1, -0.05) is 25.1 Å². The molecular weight excluding hydrogens is 632 g/mol. The van der Waals surface area contributed by atoms with E-state index in [1.165, 1.54) is 30.4 Å². The molecule has 12 heteroatoms. The molecule has 3 aliphatic rings. The largest absolute Gasteiger partial charge is 0.496 e. The number of para-hydroxylation sites is 1. The van der Waals surface area contributed by atoms with E-state index in [2.05, 4.69) is 11.9 Å². The maximum Gasteiger partial charge on any atom is 0.333 e. The van der Waals surface area contributed by atoms with Gasteiger partial charge in [0, 0.05) is 18.7 Å². The Kier molecular flexibility index (Phi) is 8.84. The fraction of sp³-hybridized carbons (Fsp3) is 0.556. The number of thiophene rings is 1. The van der Waals surface area contributed by atoms with Crippen molar-refractivity contribution in [1.29, 1.82) is 0 Å². The minimum atomic E-state index is -1.47. The zero-order valence-electron chi connectivity index (χ0n) is 28.3. The molecule has 3 fully saturated rings. The number of nitrogens with zero attached hydrogens (tertiary/aromatic N) is 4. The van der Waals surface area contributed by atoms with Crippen LogP contribution in [0, 0.1) is 24.7 Å². The fourth-order valence-corrected chi connectivity index (χ4v) is 9.55. The summed E-state index contributed by atoms with van der Waals surface area (Å²) in [7, 11) is 1.63. The normalized spacial score (nSPS) is 23.5. The second kappa shape index (κ2) is 12.9. The zero-order valence-corrected chi connectivity index (χ0v) is 29.1. The van der Waals surface area contributed by atoms with Crippen LogP contribution in [0.25, 0.3) is 21.0 Å². The second-order valence-corrected chi connectivity index (χ2v) is 15.1. The molecule has 3 aromatic heterocycles. The van der Waals surface area contributed by atoms with Gasteiger partial charge in [-0.05, 0) is 75.8 Å². The van der Waals surface area contributed by atoms with Gasteiger partial charge in [-0.3, -0.25) is 14.2 Å². The summed E-state index contributed by atoms with van der Waals surface area (Å²) in [6, 6.07) is 7.73. The Morgan fingerprint density at radius 1 is 1.10 bits per heavy atom. The van der Waals surface area contributed by atoms with Gasteiger partial charge >= 0.3 is 5.69 Å². The molecule has 11 nitrogen and oxygen atoms in total. The van der Waals surface area contributed by atoms with Crippen LogP contribution in [-0.2, 0) is 26.4 Å². The Morgan fingerprint density at radius 3 is 2.48 bits per heavy atom. The van der Waals surface area contributed by atoms with Crippen LogP contribution in [0.5, 0.6) is 5.75 Å². The lowest BCUT2D eigenvalue weighted by atomic mass is 10.0. The lowest BCUT2D eigenvalue weighted by Crippen LogP contribution is -2.58. The lowest BCUT2D eigenvalue weighted by molar-refractivity contribution is -0.143. The van der Waals surface area contributed by atoms with Crippen molar-refractivity contribution in [2.24, 2.45) is 17.8 Å². The van der Waals surface area contributed by atoms with Crippen LogP contribution in [-0.4, -0.2) is 64.4 Å². The van der Waals surface area contributed by atoms with Crippen LogP contribution >= 0.6 is 11.3 Å². The summed E-state index contributed by atoms with van der Waals surface area (Å²) in [5, 5.41) is 0.360. The zero-order chi connectivity index (χ0) is 33.7. The number of carbonyl (C=O) groups is 1. The number of carbonyl (C=O) groups excluding carboxylic acids is 1. The van der Waals surface area contributed by atoms with Gasteiger partial charge < -0.3 is 23.5 Å². The van der Waals surface area contributed by atoms with Crippen molar-refractivity contribution < 1.29 is 23.4 Å². The average molecular weight is 677 g/mol. The molecule has 2 aliphatic carbocycles. The van der Waals surface area contributed by atoms with Crippen LogP contribution in [0.3, 0.4) is 0 Å². The van der Waals surface area contributed by atoms with Crippen molar-refractivity contribution in [2.75, 3.05) is 33.4 Å². The summed E-state index contributed by atoms with van der Waals surface area (Å²) in [6.07, 6.45) is 6.93. The second-order valence-electron chi connectivity index (χ2n) is 14.1. The Morgan fingerprint density at radius 2 is 1.81 bits per heavy atom. The fourth-order valence-electron chi connectivity index (χ4n) is 8.31. The van der Waals surface area contributed by atoms with Gasteiger partial charge in [0.2, 0.25) is 11.8 Å². The minimum absolute atomic E-state index is 0.0341. The maximum atomic E-state index is 14.8. The van der Waals surface area contributed by atoms with Crippen molar-refractivity contribution in [1.82, 2.24) is 19.0 Å². The number of methoxy groups -OCH3 is 1. The monoisotopic (exact) mass is 676 g/mol. The highest BCUT2D eigenvalue weighted by Crippen LogP contribution is 2.49. The van der Waals surface area contributed by atoms with Crippen LogP contribution in [0.2, 0.25) is 0 Å². The highest BCUT2D eigenvalue weighted by Gasteiger charge is 2.43. The Labute approximate surface area is 283 Å². The summed E-state index contributed by atoms with van der Waals surface area (Å²) in [5.74, 6) is 2.76. The number of aryl methyl sites for hydroxylation is 1.